The van der Waals surface area contributed by atoms with E-state index in [9.17, 15) is 4.79 Å². The molecule has 1 saturated heterocycles. The van der Waals surface area contributed by atoms with Crippen LogP contribution in [0.1, 0.15) is 47.5 Å². The standard InChI is InChI=1S/C15H27NO3/c1-7-18-13(17)8-9-19-12-10-14(2,3)16(6)15(4,5)11-12/h8-9,12H,7,10-11H2,1-6H3. The predicted octanol–water partition coefficient (Wildman–Crippen LogP) is 2.73. The SMILES string of the molecule is CCOC(=O)C=COC1CC(C)(C)N(C)C(C)(C)C1. The van der Waals surface area contributed by atoms with Crippen LogP contribution in [-0.4, -0.2) is 41.7 Å². The summed E-state index contributed by atoms with van der Waals surface area (Å²) >= 11 is 0. The summed E-state index contributed by atoms with van der Waals surface area (Å²) in [7, 11) is 2.16. The molecule has 0 aromatic carbocycles. The van der Waals surface area contributed by atoms with Crippen LogP contribution in [0, 0.1) is 0 Å². The Morgan fingerprint density at radius 1 is 1.26 bits per heavy atom. The van der Waals surface area contributed by atoms with Crippen LogP contribution >= 0.6 is 0 Å². The summed E-state index contributed by atoms with van der Waals surface area (Å²) in [4.78, 5) is 13.6. The molecule has 1 aliphatic rings. The molecule has 0 unspecified atom stereocenters. The summed E-state index contributed by atoms with van der Waals surface area (Å²) in [6.45, 7) is 11.1. The van der Waals surface area contributed by atoms with E-state index in [-0.39, 0.29) is 23.2 Å². The number of nitrogens with zero attached hydrogens (tertiary/aromatic N) is 1. The summed E-state index contributed by atoms with van der Waals surface area (Å²) in [5.41, 5.74) is 0.175. The molecule has 1 heterocycles. The smallest absolute Gasteiger partial charge is 0.333 e. The van der Waals surface area contributed by atoms with Crippen molar-refractivity contribution in [3.8, 4) is 0 Å². The monoisotopic (exact) mass is 269 g/mol. The molecule has 19 heavy (non-hydrogen) atoms. The topological polar surface area (TPSA) is 38.8 Å². The molecule has 4 heteroatoms. The number of piperidine rings is 1. The predicted molar refractivity (Wildman–Crippen MR) is 75.8 cm³/mol. The van der Waals surface area contributed by atoms with Gasteiger partial charge in [-0.25, -0.2) is 4.79 Å². The third-order valence-corrected chi connectivity index (χ3v) is 4.03. The molecule has 0 saturated carbocycles. The minimum Gasteiger partial charge on any atom is -0.498 e. The van der Waals surface area contributed by atoms with Crippen LogP contribution in [0.5, 0.6) is 0 Å². The van der Waals surface area contributed by atoms with Crippen molar-refractivity contribution >= 4 is 5.97 Å². The molecule has 1 aliphatic heterocycles. The van der Waals surface area contributed by atoms with Gasteiger partial charge < -0.3 is 9.47 Å². The van der Waals surface area contributed by atoms with Gasteiger partial charge in [-0.15, -0.1) is 0 Å². The Balaban J connectivity index is 2.59. The highest BCUT2D eigenvalue weighted by Gasteiger charge is 2.43. The Bertz CT molecular complexity index is 329. The van der Waals surface area contributed by atoms with Crippen molar-refractivity contribution in [3.05, 3.63) is 12.3 Å². The fraction of sp³-hybridized carbons (Fsp3) is 0.800. The van der Waals surface area contributed by atoms with E-state index in [1.165, 1.54) is 12.3 Å². The van der Waals surface area contributed by atoms with Gasteiger partial charge in [0.2, 0.25) is 0 Å². The zero-order valence-corrected chi connectivity index (χ0v) is 13.0. The zero-order chi connectivity index (χ0) is 14.7. The first-order valence-electron chi connectivity index (χ1n) is 6.92. The molecule has 0 aliphatic carbocycles. The highest BCUT2D eigenvalue weighted by Crippen LogP contribution is 2.38. The number of carbonyl (C=O) groups excluding carboxylic acids is 1. The van der Waals surface area contributed by atoms with Crippen molar-refractivity contribution in [3.63, 3.8) is 0 Å². The maximum atomic E-state index is 11.2. The second-order valence-electron chi connectivity index (χ2n) is 6.41. The largest absolute Gasteiger partial charge is 0.498 e. The van der Waals surface area contributed by atoms with Crippen LogP contribution in [0.2, 0.25) is 0 Å². The average molecular weight is 269 g/mol. The Morgan fingerprint density at radius 3 is 2.26 bits per heavy atom. The van der Waals surface area contributed by atoms with Gasteiger partial charge in [0.15, 0.2) is 0 Å². The number of esters is 1. The van der Waals surface area contributed by atoms with Crippen molar-refractivity contribution in [2.75, 3.05) is 13.7 Å². The van der Waals surface area contributed by atoms with E-state index < -0.39 is 0 Å². The molecule has 0 spiro atoms. The molecule has 0 amide bonds. The number of carbonyl (C=O) groups is 1. The van der Waals surface area contributed by atoms with Crippen molar-refractivity contribution < 1.29 is 14.3 Å². The Kier molecular flexibility index (Phi) is 5.02. The van der Waals surface area contributed by atoms with Gasteiger partial charge in [-0.1, -0.05) is 0 Å². The second-order valence-corrected chi connectivity index (χ2v) is 6.41. The first-order valence-corrected chi connectivity index (χ1v) is 6.92. The number of hydrogen-bond donors (Lipinski definition) is 0. The summed E-state index contributed by atoms with van der Waals surface area (Å²) in [6.07, 6.45) is 4.84. The normalized spacial score (nSPS) is 23.5. The molecule has 1 fully saturated rings. The van der Waals surface area contributed by atoms with Gasteiger partial charge in [-0.2, -0.15) is 0 Å². The molecule has 110 valence electrons. The van der Waals surface area contributed by atoms with Gasteiger partial charge in [-0.05, 0) is 41.7 Å². The number of ether oxygens (including phenoxy) is 2. The highest BCUT2D eigenvalue weighted by molar-refractivity contribution is 5.81. The number of hydrogen-bond acceptors (Lipinski definition) is 4. The summed E-state index contributed by atoms with van der Waals surface area (Å²) in [6, 6.07) is 0. The van der Waals surface area contributed by atoms with Crippen molar-refractivity contribution in [2.24, 2.45) is 0 Å². The minimum absolute atomic E-state index is 0.0875. The third kappa shape index (κ3) is 4.23. The number of rotatable bonds is 4. The fourth-order valence-corrected chi connectivity index (χ4v) is 2.77. The van der Waals surface area contributed by atoms with Gasteiger partial charge in [0, 0.05) is 23.9 Å². The van der Waals surface area contributed by atoms with E-state index >= 15 is 0 Å². The van der Waals surface area contributed by atoms with E-state index in [4.69, 9.17) is 9.47 Å². The van der Waals surface area contributed by atoms with Gasteiger partial charge >= 0.3 is 5.97 Å². The quantitative estimate of drug-likeness (QED) is 0.447. The van der Waals surface area contributed by atoms with Crippen LogP contribution in [0.15, 0.2) is 12.3 Å². The van der Waals surface area contributed by atoms with Crippen LogP contribution < -0.4 is 0 Å². The minimum atomic E-state index is -0.353. The lowest BCUT2D eigenvalue weighted by Crippen LogP contribution is -2.60. The van der Waals surface area contributed by atoms with E-state index in [1.54, 1.807) is 6.92 Å². The van der Waals surface area contributed by atoms with Crippen LogP contribution in [0.25, 0.3) is 0 Å². The lowest BCUT2D eigenvalue weighted by molar-refractivity contribution is -0.137. The maximum Gasteiger partial charge on any atom is 0.333 e. The van der Waals surface area contributed by atoms with Crippen molar-refractivity contribution in [2.45, 2.75) is 64.6 Å². The Hall–Kier alpha value is -1.03. The van der Waals surface area contributed by atoms with Crippen molar-refractivity contribution in [1.82, 2.24) is 4.90 Å². The molecule has 0 atom stereocenters. The van der Waals surface area contributed by atoms with E-state index in [2.05, 4.69) is 39.6 Å². The van der Waals surface area contributed by atoms with E-state index in [0.29, 0.717) is 6.61 Å². The van der Waals surface area contributed by atoms with Gasteiger partial charge in [0.05, 0.1) is 18.9 Å². The van der Waals surface area contributed by atoms with Gasteiger partial charge in [0.1, 0.15) is 6.10 Å². The lowest BCUT2D eigenvalue weighted by atomic mass is 9.79. The maximum absolute atomic E-state index is 11.2. The lowest BCUT2D eigenvalue weighted by Gasteiger charge is -2.53. The summed E-state index contributed by atoms with van der Waals surface area (Å²) in [5.74, 6) is -0.353. The molecule has 0 N–H and O–H groups in total. The highest BCUT2D eigenvalue weighted by atomic mass is 16.5. The molecule has 0 aromatic rings. The van der Waals surface area contributed by atoms with Crippen LogP contribution in [0.4, 0.5) is 0 Å². The van der Waals surface area contributed by atoms with Crippen LogP contribution in [0.3, 0.4) is 0 Å². The Labute approximate surface area is 116 Å². The Morgan fingerprint density at radius 2 is 1.79 bits per heavy atom. The van der Waals surface area contributed by atoms with E-state index in [0.717, 1.165) is 12.8 Å². The van der Waals surface area contributed by atoms with Gasteiger partial charge in [0.25, 0.3) is 0 Å². The van der Waals surface area contributed by atoms with Gasteiger partial charge in [-0.3, -0.25) is 4.90 Å². The molecule has 1 rings (SSSR count). The average Bonchev–Trinajstić information content (AvgIpc) is 2.25. The first kappa shape index (κ1) is 16.0. The molecular weight excluding hydrogens is 242 g/mol. The molecular formula is C15H27NO3. The zero-order valence-electron chi connectivity index (χ0n) is 13.0. The van der Waals surface area contributed by atoms with E-state index in [1.807, 2.05) is 0 Å². The third-order valence-electron chi connectivity index (χ3n) is 4.03. The summed E-state index contributed by atoms with van der Waals surface area (Å²) < 4.78 is 10.5. The van der Waals surface area contributed by atoms with Crippen molar-refractivity contribution in [1.29, 1.82) is 0 Å². The molecule has 0 bridgehead atoms. The summed E-state index contributed by atoms with van der Waals surface area (Å²) in [5, 5.41) is 0. The fourth-order valence-electron chi connectivity index (χ4n) is 2.77. The molecule has 4 nitrogen and oxygen atoms in total. The molecule has 0 aromatic heterocycles. The van der Waals surface area contributed by atoms with Crippen LogP contribution in [-0.2, 0) is 14.3 Å². The number of likely N-dealkylation sites (tertiary alicyclic amines) is 1. The molecule has 0 radical (unpaired) electrons. The first-order chi connectivity index (χ1) is 8.69. The second kappa shape index (κ2) is 5.95.